The molecule has 2 aromatic rings. The molecule has 2 N–H and O–H groups in total. The molecule has 1 aromatic carbocycles. The number of aromatic carboxylic acids is 1. The molecule has 2 rings (SSSR count). The van der Waals surface area contributed by atoms with Crippen LogP contribution in [-0.4, -0.2) is 29.1 Å². The molecule has 0 fully saturated rings. The van der Waals surface area contributed by atoms with E-state index in [1.165, 1.54) is 6.20 Å². The molecule has 0 spiro atoms. The Morgan fingerprint density at radius 3 is 2.68 bits per heavy atom. The Bertz CT molecular complexity index is 713. The maximum Gasteiger partial charge on any atom is 0.354 e. The number of carbonyl (C=O) groups excluding carboxylic acids is 1. The monoisotopic (exact) mass is 300 g/mol. The number of ether oxygens (including phenoxy) is 1. The van der Waals surface area contributed by atoms with Crippen LogP contribution in [0.25, 0.3) is 0 Å². The number of aromatic nitrogens is 1. The van der Waals surface area contributed by atoms with Gasteiger partial charge in [-0.2, -0.15) is 0 Å². The van der Waals surface area contributed by atoms with Crippen molar-refractivity contribution >= 4 is 17.6 Å². The lowest BCUT2D eigenvalue weighted by Gasteiger charge is -2.11. The highest BCUT2D eigenvalue weighted by Crippen LogP contribution is 2.20. The Kier molecular flexibility index (Phi) is 4.73. The summed E-state index contributed by atoms with van der Waals surface area (Å²) in [5.74, 6) is -0.746. The highest BCUT2D eigenvalue weighted by molar-refractivity contribution is 5.95. The molecule has 6 nitrogen and oxygen atoms in total. The molecule has 0 saturated carbocycles. The van der Waals surface area contributed by atoms with Gasteiger partial charge in [-0.25, -0.2) is 9.78 Å². The number of carboxylic acids is 1. The van der Waals surface area contributed by atoms with Crippen molar-refractivity contribution in [2.75, 3.05) is 12.4 Å². The number of hydrogen-bond acceptors (Lipinski definition) is 4. The molecule has 114 valence electrons. The van der Waals surface area contributed by atoms with Gasteiger partial charge in [0.25, 0.3) is 0 Å². The number of amides is 1. The molecule has 0 unspecified atom stereocenters. The Balaban J connectivity index is 2.16. The lowest BCUT2D eigenvalue weighted by atomic mass is 10.1. The fourth-order valence-corrected chi connectivity index (χ4v) is 2.10. The summed E-state index contributed by atoms with van der Waals surface area (Å²) in [5, 5.41) is 11.7. The zero-order chi connectivity index (χ0) is 16.1. The molecule has 0 radical (unpaired) electrons. The maximum atomic E-state index is 12.1. The van der Waals surface area contributed by atoms with Gasteiger partial charge in [0.2, 0.25) is 5.91 Å². The SMILES string of the molecule is COc1ccccc1CC(=O)Nc1ccnc(C(=O)O)c1C. The number of para-hydroxylation sites is 1. The van der Waals surface area contributed by atoms with Crippen LogP contribution in [0, 0.1) is 6.92 Å². The van der Waals surface area contributed by atoms with Crippen molar-refractivity contribution < 1.29 is 19.4 Å². The smallest absolute Gasteiger partial charge is 0.354 e. The Labute approximate surface area is 127 Å². The van der Waals surface area contributed by atoms with Crippen LogP contribution in [0.1, 0.15) is 21.6 Å². The Hall–Kier alpha value is -2.89. The number of carboxylic acid groups (broad SMARTS) is 1. The molecular formula is C16H16N2O4. The number of nitrogens with one attached hydrogen (secondary N) is 1. The number of methoxy groups -OCH3 is 1. The van der Waals surface area contributed by atoms with Crippen LogP contribution in [0.4, 0.5) is 5.69 Å². The lowest BCUT2D eigenvalue weighted by molar-refractivity contribution is -0.115. The predicted octanol–water partition coefficient (Wildman–Crippen LogP) is 2.28. The van der Waals surface area contributed by atoms with E-state index in [0.717, 1.165) is 5.56 Å². The van der Waals surface area contributed by atoms with E-state index >= 15 is 0 Å². The second-order valence-corrected chi connectivity index (χ2v) is 4.67. The van der Waals surface area contributed by atoms with Crippen molar-refractivity contribution in [3.8, 4) is 5.75 Å². The number of pyridine rings is 1. The number of rotatable bonds is 5. The van der Waals surface area contributed by atoms with E-state index < -0.39 is 5.97 Å². The molecule has 0 aliphatic heterocycles. The predicted molar refractivity (Wildman–Crippen MR) is 81.3 cm³/mol. The van der Waals surface area contributed by atoms with Gasteiger partial charge in [0.05, 0.1) is 13.5 Å². The second-order valence-electron chi connectivity index (χ2n) is 4.67. The lowest BCUT2D eigenvalue weighted by Crippen LogP contribution is -2.17. The van der Waals surface area contributed by atoms with Crippen molar-refractivity contribution in [1.82, 2.24) is 4.98 Å². The van der Waals surface area contributed by atoms with Gasteiger partial charge >= 0.3 is 5.97 Å². The summed E-state index contributed by atoms with van der Waals surface area (Å²) < 4.78 is 5.20. The minimum absolute atomic E-state index is 0.0740. The van der Waals surface area contributed by atoms with E-state index in [2.05, 4.69) is 10.3 Å². The van der Waals surface area contributed by atoms with Crippen LogP contribution in [0.5, 0.6) is 5.75 Å². The average molecular weight is 300 g/mol. The molecule has 1 amide bonds. The van der Waals surface area contributed by atoms with Gasteiger partial charge in [-0.3, -0.25) is 4.79 Å². The third-order valence-electron chi connectivity index (χ3n) is 3.22. The first-order valence-corrected chi connectivity index (χ1v) is 6.63. The van der Waals surface area contributed by atoms with Crippen LogP contribution in [-0.2, 0) is 11.2 Å². The average Bonchev–Trinajstić information content (AvgIpc) is 2.49. The highest BCUT2D eigenvalue weighted by Gasteiger charge is 2.14. The van der Waals surface area contributed by atoms with Gasteiger partial charge < -0.3 is 15.2 Å². The van der Waals surface area contributed by atoms with Gasteiger partial charge in [0.15, 0.2) is 5.69 Å². The largest absolute Gasteiger partial charge is 0.496 e. The first-order valence-electron chi connectivity index (χ1n) is 6.63. The Morgan fingerprint density at radius 2 is 2.00 bits per heavy atom. The summed E-state index contributed by atoms with van der Waals surface area (Å²) in [6, 6.07) is 8.81. The standard InChI is InChI=1S/C16H16N2O4/c1-10-12(7-8-17-15(10)16(20)21)18-14(19)9-11-5-3-4-6-13(11)22-2/h3-8H,9H2,1-2H3,(H,20,21)(H,17,18,19). The summed E-state index contributed by atoms with van der Waals surface area (Å²) in [4.78, 5) is 27.0. The van der Waals surface area contributed by atoms with E-state index in [0.29, 0.717) is 17.0 Å². The molecule has 0 atom stereocenters. The van der Waals surface area contributed by atoms with Crippen LogP contribution < -0.4 is 10.1 Å². The zero-order valence-electron chi connectivity index (χ0n) is 12.3. The van der Waals surface area contributed by atoms with E-state index in [1.54, 1.807) is 32.2 Å². The van der Waals surface area contributed by atoms with Gasteiger partial charge in [-0.15, -0.1) is 0 Å². The molecule has 1 heterocycles. The normalized spacial score (nSPS) is 10.1. The summed E-state index contributed by atoms with van der Waals surface area (Å²) in [6.45, 7) is 1.61. The van der Waals surface area contributed by atoms with E-state index in [4.69, 9.17) is 9.84 Å². The number of nitrogens with zero attached hydrogens (tertiary/aromatic N) is 1. The summed E-state index contributed by atoms with van der Waals surface area (Å²) in [6.07, 6.45) is 1.49. The van der Waals surface area contributed by atoms with Crippen molar-refractivity contribution in [3.63, 3.8) is 0 Å². The third kappa shape index (κ3) is 3.41. The number of benzene rings is 1. The number of carbonyl (C=O) groups is 2. The van der Waals surface area contributed by atoms with Crippen molar-refractivity contribution in [2.24, 2.45) is 0 Å². The van der Waals surface area contributed by atoms with Crippen molar-refractivity contribution in [1.29, 1.82) is 0 Å². The molecule has 6 heteroatoms. The molecule has 0 saturated heterocycles. The van der Waals surface area contributed by atoms with Gasteiger partial charge in [-0.05, 0) is 19.1 Å². The summed E-state index contributed by atoms with van der Waals surface area (Å²) in [7, 11) is 1.54. The van der Waals surface area contributed by atoms with Gasteiger partial charge in [0, 0.05) is 23.0 Å². The molecule has 0 bridgehead atoms. The first kappa shape index (κ1) is 15.5. The first-order chi connectivity index (χ1) is 10.5. The van der Waals surface area contributed by atoms with E-state index in [1.807, 2.05) is 12.1 Å². The Morgan fingerprint density at radius 1 is 1.27 bits per heavy atom. The quantitative estimate of drug-likeness (QED) is 0.884. The van der Waals surface area contributed by atoms with E-state index in [-0.39, 0.29) is 18.0 Å². The van der Waals surface area contributed by atoms with Gasteiger partial charge in [0.1, 0.15) is 5.75 Å². The molecular weight excluding hydrogens is 284 g/mol. The number of hydrogen-bond donors (Lipinski definition) is 2. The second kappa shape index (κ2) is 6.71. The van der Waals surface area contributed by atoms with Crippen molar-refractivity contribution in [2.45, 2.75) is 13.3 Å². The minimum Gasteiger partial charge on any atom is -0.496 e. The molecule has 1 aromatic heterocycles. The highest BCUT2D eigenvalue weighted by atomic mass is 16.5. The zero-order valence-corrected chi connectivity index (χ0v) is 12.3. The van der Waals surface area contributed by atoms with Crippen LogP contribution in [0.15, 0.2) is 36.5 Å². The summed E-state index contributed by atoms with van der Waals surface area (Å²) in [5.41, 5.74) is 1.54. The van der Waals surface area contributed by atoms with Crippen LogP contribution in [0.2, 0.25) is 0 Å². The third-order valence-corrected chi connectivity index (χ3v) is 3.22. The fourth-order valence-electron chi connectivity index (χ4n) is 2.10. The number of anilines is 1. The summed E-state index contributed by atoms with van der Waals surface area (Å²) >= 11 is 0. The van der Waals surface area contributed by atoms with Crippen LogP contribution in [0.3, 0.4) is 0 Å². The molecule has 0 aliphatic rings. The van der Waals surface area contributed by atoms with Gasteiger partial charge in [-0.1, -0.05) is 18.2 Å². The topological polar surface area (TPSA) is 88.5 Å². The minimum atomic E-state index is -1.13. The van der Waals surface area contributed by atoms with E-state index in [9.17, 15) is 9.59 Å². The molecule has 22 heavy (non-hydrogen) atoms. The fraction of sp³-hybridized carbons (Fsp3) is 0.188. The maximum absolute atomic E-state index is 12.1. The molecule has 0 aliphatic carbocycles. The van der Waals surface area contributed by atoms with Crippen molar-refractivity contribution in [3.05, 3.63) is 53.3 Å². The van der Waals surface area contributed by atoms with Crippen LogP contribution >= 0.6 is 0 Å².